The Morgan fingerprint density at radius 2 is 2.08 bits per heavy atom. The summed E-state index contributed by atoms with van der Waals surface area (Å²) < 4.78 is 74.5. The zero-order valence-corrected chi connectivity index (χ0v) is 20.7. The highest BCUT2D eigenvalue weighted by Crippen LogP contribution is 2.46. The van der Waals surface area contributed by atoms with Gasteiger partial charge in [0.05, 0.1) is 62.1 Å². The number of alkyl halides is 3. The van der Waals surface area contributed by atoms with Crippen LogP contribution in [0, 0.1) is 5.82 Å². The van der Waals surface area contributed by atoms with Gasteiger partial charge < -0.3 is 15.2 Å². The van der Waals surface area contributed by atoms with Crippen LogP contribution in [0.5, 0.6) is 5.88 Å². The average Bonchev–Trinajstić information content (AvgIpc) is 3.34. The van der Waals surface area contributed by atoms with Crippen LogP contribution in [0.15, 0.2) is 18.2 Å². The lowest BCUT2D eigenvalue weighted by Gasteiger charge is -2.44. The van der Waals surface area contributed by atoms with Crippen molar-refractivity contribution in [3.8, 4) is 17.0 Å². The largest absolute Gasteiger partial charge is 0.479 e. The molecule has 0 bridgehead atoms. The molecule has 6 rings (SSSR count). The van der Waals surface area contributed by atoms with E-state index in [1.165, 1.54) is 18.7 Å². The molecule has 5 heterocycles. The van der Waals surface area contributed by atoms with E-state index in [1.807, 2.05) is 0 Å². The first-order valence-electron chi connectivity index (χ1n) is 12.3. The van der Waals surface area contributed by atoms with Crippen LogP contribution in [0.3, 0.4) is 0 Å². The second-order valence-electron chi connectivity index (χ2n) is 9.83. The standard InChI is InChI=1S/C24H26F4N8O2/c1-12(25)8-35-17-7-13(3-4-16(17)31-33-35)18-19(26)20(36-21(18)22(37-2)30-23(29)32-36)15-5-6-34(11-24(15,27)28)14-9-38-10-14/h3-4,7,12,14-15H,5-6,8-11H2,1-2H3,(H2,29,32)/t12-,15+/m0/s1. The fourth-order valence-corrected chi connectivity index (χ4v) is 5.38. The minimum atomic E-state index is -3.25. The Balaban J connectivity index is 1.53. The Morgan fingerprint density at radius 3 is 2.74 bits per heavy atom. The van der Waals surface area contributed by atoms with E-state index in [2.05, 4.69) is 20.4 Å². The minimum Gasteiger partial charge on any atom is -0.479 e. The van der Waals surface area contributed by atoms with Crippen LogP contribution in [-0.4, -0.2) is 86.0 Å². The fraction of sp³-hybridized carbons (Fsp3) is 0.500. The smallest absolute Gasteiger partial charge is 0.268 e. The molecule has 0 unspecified atom stereocenters. The molecule has 4 aromatic rings. The number of aromatic nitrogens is 6. The fourth-order valence-electron chi connectivity index (χ4n) is 5.38. The lowest BCUT2D eigenvalue weighted by atomic mass is 9.88. The van der Waals surface area contributed by atoms with Crippen molar-refractivity contribution < 1.29 is 27.0 Å². The molecule has 2 aliphatic rings. The maximum absolute atomic E-state index is 16.5. The molecule has 2 fully saturated rings. The normalized spacial score (nSPS) is 21.2. The number of hydrogen-bond donors (Lipinski definition) is 1. The summed E-state index contributed by atoms with van der Waals surface area (Å²) in [4.78, 5) is 5.76. The Morgan fingerprint density at radius 1 is 1.29 bits per heavy atom. The number of ether oxygens (including phenoxy) is 2. The van der Waals surface area contributed by atoms with Crippen LogP contribution >= 0.6 is 0 Å². The Kier molecular flexibility index (Phi) is 5.90. The predicted molar refractivity (Wildman–Crippen MR) is 129 cm³/mol. The van der Waals surface area contributed by atoms with Crippen LogP contribution in [0.25, 0.3) is 27.7 Å². The number of nitrogen functional groups attached to an aromatic ring is 1. The van der Waals surface area contributed by atoms with Gasteiger partial charge >= 0.3 is 0 Å². The summed E-state index contributed by atoms with van der Waals surface area (Å²) in [5.41, 5.74) is 6.89. The van der Waals surface area contributed by atoms with Gasteiger partial charge in [-0.05, 0) is 37.6 Å². The number of halogens is 4. The van der Waals surface area contributed by atoms with Gasteiger partial charge in [-0.25, -0.2) is 26.8 Å². The van der Waals surface area contributed by atoms with Gasteiger partial charge in [0.2, 0.25) is 11.8 Å². The Labute approximate surface area is 214 Å². The SMILES string of the molecule is COc1nc(N)nn2c([C@H]3CCN(C4COC4)CC3(F)F)c(F)c(-c3ccc4nnn(C[C@H](C)F)c4c3)c12. The predicted octanol–water partition coefficient (Wildman–Crippen LogP) is 3.05. The molecule has 2 aliphatic heterocycles. The van der Waals surface area contributed by atoms with Crippen molar-refractivity contribution in [1.29, 1.82) is 0 Å². The lowest BCUT2D eigenvalue weighted by molar-refractivity contribution is -0.137. The van der Waals surface area contributed by atoms with Crippen molar-refractivity contribution in [3.63, 3.8) is 0 Å². The quantitative estimate of drug-likeness (QED) is 0.376. The van der Waals surface area contributed by atoms with E-state index in [4.69, 9.17) is 15.2 Å². The molecule has 202 valence electrons. The summed E-state index contributed by atoms with van der Waals surface area (Å²) in [6, 6.07) is 4.72. The first-order chi connectivity index (χ1) is 18.2. The molecule has 3 aromatic heterocycles. The molecule has 1 aromatic carbocycles. The van der Waals surface area contributed by atoms with E-state index < -0.39 is 30.4 Å². The molecule has 0 spiro atoms. The summed E-state index contributed by atoms with van der Waals surface area (Å²) in [7, 11) is 1.33. The highest BCUT2D eigenvalue weighted by atomic mass is 19.3. The highest BCUT2D eigenvalue weighted by molar-refractivity contribution is 5.90. The van der Waals surface area contributed by atoms with Crippen LogP contribution in [-0.2, 0) is 11.3 Å². The number of anilines is 1. The topological polar surface area (TPSA) is 109 Å². The van der Waals surface area contributed by atoms with Gasteiger partial charge in [-0.2, -0.15) is 4.98 Å². The third-order valence-corrected chi connectivity index (χ3v) is 7.26. The van der Waals surface area contributed by atoms with Crippen molar-refractivity contribution >= 4 is 22.5 Å². The highest BCUT2D eigenvalue weighted by Gasteiger charge is 2.50. The zero-order valence-electron chi connectivity index (χ0n) is 20.7. The molecular formula is C24H26F4N8O2. The summed E-state index contributed by atoms with van der Waals surface area (Å²) in [6.45, 7) is 1.98. The van der Waals surface area contributed by atoms with Gasteiger partial charge in [-0.3, -0.25) is 4.90 Å². The Bertz CT molecular complexity index is 1520. The molecule has 2 saturated heterocycles. The Hall–Kier alpha value is -3.52. The van der Waals surface area contributed by atoms with Crippen LogP contribution < -0.4 is 10.5 Å². The van der Waals surface area contributed by atoms with E-state index in [9.17, 15) is 4.39 Å². The van der Waals surface area contributed by atoms with Crippen molar-refractivity contribution in [2.24, 2.45) is 0 Å². The van der Waals surface area contributed by atoms with Crippen molar-refractivity contribution in [2.75, 3.05) is 39.1 Å². The maximum atomic E-state index is 16.5. The summed E-state index contributed by atoms with van der Waals surface area (Å²) in [5.74, 6) is -5.90. The molecular weight excluding hydrogens is 508 g/mol. The maximum Gasteiger partial charge on any atom is 0.268 e. The monoisotopic (exact) mass is 534 g/mol. The second kappa shape index (κ2) is 9.05. The number of nitrogens with two attached hydrogens (primary N) is 1. The van der Waals surface area contributed by atoms with E-state index in [0.717, 1.165) is 4.52 Å². The van der Waals surface area contributed by atoms with Crippen molar-refractivity contribution in [2.45, 2.75) is 43.9 Å². The first-order valence-corrected chi connectivity index (χ1v) is 12.3. The summed E-state index contributed by atoms with van der Waals surface area (Å²) in [6.07, 6.45) is -1.19. The van der Waals surface area contributed by atoms with Crippen LogP contribution in [0.2, 0.25) is 0 Å². The van der Waals surface area contributed by atoms with E-state index in [-0.39, 0.29) is 47.6 Å². The number of benzene rings is 1. The van der Waals surface area contributed by atoms with Crippen molar-refractivity contribution in [3.05, 3.63) is 29.7 Å². The van der Waals surface area contributed by atoms with E-state index in [0.29, 0.717) is 36.4 Å². The number of rotatable bonds is 6. The second-order valence-corrected chi connectivity index (χ2v) is 9.83. The van der Waals surface area contributed by atoms with Gasteiger partial charge in [-0.15, -0.1) is 10.2 Å². The molecule has 2 N–H and O–H groups in total. The molecule has 14 heteroatoms. The van der Waals surface area contributed by atoms with Gasteiger partial charge in [0.25, 0.3) is 5.92 Å². The summed E-state index contributed by atoms with van der Waals surface area (Å²) >= 11 is 0. The van der Waals surface area contributed by atoms with Gasteiger partial charge in [0, 0.05) is 0 Å². The average molecular weight is 535 g/mol. The van der Waals surface area contributed by atoms with Gasteiger partial charge in [0.15, 0.2) is 5.82 Å². The lowest BCUT2D eigenvalue weighted by Crippen LogP contribution is -2.57. The van der Waals surface area contributed by atoms with Crippen LogP contribution in [0.4, 0.5) is 23.5 Å². The zero-order chi connectivity index (χ0) is 26.8. The summed E-state index contributed by atoms with van der Waals surface area (Å²) in [5, 5.41) is 12.2. The molecule has 2 atom stereocenters. The number of piperidine rings is 1. The minimum absolute atomic E-state index is 0.00229. The van der Waals surface area contributed by atoms with E-state index >= 15 is 13.2 Å². The van der Waals surface area contributed by atoms with Crippen molar-refractivity contribution in [1.82, 2.24) is 34.5 Å². The first kappa shape index (κ1) is 24.8. The number of likely N-dealkylation sites (tertiary alicyclic amines) is 1. The molecule has 0 amide bonds. The number of fused-ring (bicyclic) bond motifs is 2. The third-order valence-electron chi connectivity index (χ3n) is 7.26. The van der Waals surface area contributed by atoms with Gasteiger partial charge in [0.1, 0.15) is 17.2 Å². The molecule has 0 aliphatic carbocycles. The molecule has 0 saturated carbocycles. The number of methoxy groups -OCH3 is 1. The van der Waals surface area contributed by atoms with Gasteiger partial charge in [-0.1, -0.05) is 11.3 Å². The molecule has 10 nitrogen and oxygen atoms in total. The van der Waals surface area contributed by atoms with E-state index in [1.54, 1.807) is 23.1 Å². The number of hydrogen-bond acceptors (Lipinski definition) is 8. The third kappa shape index (κ3) is 3.93. The van der Waals surface area contributed by atoms with Crippen LogP contribution in [0.1, 0.15) is 25.0 Å². The molecule has 38 heavy (non-hydrogen) atoms. The molecule has 0 radical (unpaired) electrons. The number of nitrogens with zero attached hydrogens (tertiary/aromatic N) is 7.